The summed E-state index contributed by atoms with van der Waals surface area (Å²) in [6.07, 6.45) is 1.42. The van der Waals surface area contributed by atoms with E-state index in [4.69, 9.17) is 4.74 Å². The Morgan fingerprint density at radius 2 is 1.86 bits per heavy atom. The van der Waals surface area contributed by atoms with Crippen LogP contribution in [0.5, 0.6) is 0 Å². The molecule has 0 aliphatic carbocycles. The van der Waals surface area contributed by atoms with Gasteiger partial charge in [-0.3, -0.25) is 14.4 Å². The first-order valence-corrected chi connectivity index (χ1v) is 10.2. The molecule has 1 amide bonds. The Kier molecular flexibility index (Phi) is 6.52. The molecule has 1 heterocycles. The first kappa shape index (κ1) is 20.1. The zero-order valence-electron chi connectivity index (χ0n) is 16.1. The standard InChI is InChI=1S/C22H23NO4S/c1-15-5-6-16(2)20(12-15)28-14-22(26)27-13-19(24)17-7-9-18(10-8-17)23-11-3-4-21(23)25/h5-10,12H,3-4,11,13-14H2,1-2H3. The van der Waals surface area contributed by atoms with Crippen molar-refractivity contribution in [1.82, 2.24) is 0 Å². The third-order valence-corrected chi connectivity index (χ3v) is 5.76. The molecule has 0 atom stereocenters. The van der Waals surface area contributed by atoms with Gasteiger partial charge >= 0.3 is 5.97 Å². The van der Waals surface area contributed by atoms with E-state index in [2.05, 4.69) is 0 Å². The van der Waals surface area contributed by atoms with E-state index >= 15 is 0 Å². The lowest BCUT2D eigenvalue weighted by atomic mass is 10.1. The van der Waals surface area contributed by atoms with Crippen molar-refractivity contribution < 1.29 is 19.1 Å². The summed E-state index contributed by atoms with van der Waals surface area (Å²) in [4.78, 5) is 38.8. The number of carbonyl (C=O) groups excluding carboxylic acids is 3. The molecule has 0 aromatic heterocycles. The van der Waals surface area contributed by atoms with Gasteiger partial charge in [-0.1, -0.05) is 17.7 Å². The minimum Gasteiger partial charge on any atom is -0.457 e. The van der Waals surface area contributed by atoms with Gasteiger partial charge in [0, 0.05) is 29.1 Å². The van der Waals surface area contributed by atoms with Gasteiger partial charge in [0.25, 0.3) is 0 Å². The molecule has 3 rings (SSSR count). The van der Waals surface area contributed by atoms with Gasteiger partial charge < -0.3 is 9.64 Å². The maximum absolute atomic E-state index is 12.3. The van der Waals surface area contributed by atoms with Crippen LogP contribution in [0.15, 0.2) is 47.4 Å². The largest absolute Gasteiger partial charge is 0.457 e. The minimum absolute atomic E-state index is 0.106. The Morgan fingerprint density at radius 3 is 2.54 bits per heavy atom. The predicted octanol–water partition coefficient (Wildman–Crippen LogP) is 3.95. The number of carbonyl (C=O) groups is 3. The van der Waals surface area contributed by atoms with E-state index in [-0.39, 0.29) is 24.1 Å². The number of hydrogen-bond donors (Lipinski definition) is 0. The number of esters is 1. The molecule has 2 aromatic carbocycles. The first-order chi connectivity index (χ1) is 13.4. The van der Waals surface area contributed by atoms with Crippen molar-refractivity contribution in [2.24, 2.45) is 0 Å². The highest BCUT2D eigenvalue weighted by molar-refractivity contribution is 8.00. The highest BCUT2D eigenvalue weighted by Gasteiger charge is 2.21. The molecule has 28 heavy (non-hydrogen) atoms. The third-order valence-electron chi connectivity index (χ3n) is 4.63. The van der Waals surface area contributed by atoms with Crippen LogP contribution in [0.4, 0.5) is 5.69 Å². The number of thioether (sulfide) groups is 1. The molecule has 0 N–H and O–H groups in total. The van der Waals surface area contributed by atoms with E-state index in [1.807, 2.05) is 32.0 Å². The van der Waals surface area contributed by atoms with Crippen LogP contribution >= 0.6 is 11.8 Å². The number of anilines is 1. The predicted molar refractivity (Wildman–Crippen MR) is 110 cm³/mol. The summed E-state index contributed by atoms with van der Waals surface area (Å²) in [5.41, 5.74) is 3.50. The van der Waals surface area contributed by atoms with E-state index < -0.39 is 5.97 Å². The highest BCUT2D eigenvalue weighted by atomic mass is 32.2. The number of rotatable bonds is 7. The number of aryl methyl sites for hydroxylation is 2. The second-order valence-corrected chi connectivity index (χ2v) is 7.85. The van der Waals surface area contributed by atoms with E-state index in [0.717, 1.165) is 28.1 Å². The van der Waals surface area contributed by atoms with Crippen LogP contribution in [0, 0.1) is 13.8 Å². The molecule has 0 saturated carbocycles. The van der Waals surface area contributed by atoms with Crippen molar-refractivity contribution in [3.63, 3.8) is 0 Å². The van der Waals surface area contributed by atoms with E-state index in [0.29, 0.717) is 18.5 Å². The Morgan fingerprint density at radius 1 is 1.11 bits per heavy atom. The fourth-order valence-corrected chi connectivity index (χ4v) is 3.94. The van der Waals surface area contributed by atoms with Crippen LogP contribution in [0.25, 0.3) is 0 Å². The molecule has 1 aliphatic heterocycles. The van der Waals surface area contributed by atoms with Gasteiger partial charge in [0.05, 0.1) is 5.75 Å². The molecular weight excluding hydrogens is 374 g/mol. The minimum atomic E-state index is -0.418. The van der Waals surface area contributed by atoms with Crippen LogP contribution in [0.3, 0.4) is 0 Å². The number of ketones is 1. The lowest BCUT2D eigenvalue weighted by Crippen LogP contribution is -2.23. The Bertz CT molecular complexity index is 892. The Labute approximate surface area is 169 Å². The highest BCUT2D eigenvalue weighted by Crippen LogP contribution is 2.24. The quantitative estimate of drug-likeness (QED) is 0.402. The fraction of sp³-hybridized carbons (Fsp3) is 0.318. The van der Waals surface area contributed by atoms with Crippen molar-refractivity contribution >= 4 is 35.1 Å². The van der Waals surface area contributed by atoms with Crippen LogP contribution < -0.4 is 4.90 Å². The average Bonchev–Trinajstić information content (AvgIpc) is 3.12. The monoisotopic (exact) mass is 397 g/mol. The molecular formula is C22H23NO4S. The second-order valence-electron chi connectivity index (χ2n) is 6.84. The van der Waals surface area contributed by atoms with Gasteiger partial charge in [-0.25, -0.2) is 0 Å². The van der Waals surface area contributed by atoms with Crippen molar-refractivity contribution in [2.75, 3.05) is 23.8 Å². The van der Waals surface area contributed by atoms with Crippen molar-refractivity contribution in [2.45, 2.75) is 31.6 Å². The maximum atomic E-state index is 12.3. The first-order valence-electron chi connectivity index (χ1n) is 9.23. The number of ether oxygens (including phenoxy) is 1. The zero-order valence-corrected chi connectivity index (χ0v) is 16.9. The fourth-order valence-electron chi connectivity index (χ4n) is 3.02. The molecule has 6 heteroatoms. The van der Waals surface area contributed by atoms with Crippen LogP contribution in [0.1, 0.15) is 34.3 Å². The van der Waals surface area contributed by atoms with Crippen molar-refractivity contribution in [3.05, 3.63) is 59.2 Å². The number of hydrogen-bond acceptors (Lipinski definition) is 5. The summed E-state index contributed by atoms with van der Waals surface area (Å²) in [6.45, 7) is 4.43. The summed E-state index contributed by atoms with van der Waals surface area (Å²) >= 11 is 1.41. The second kappa shape index (κ2) is 9.06. The molecule has 5 nitrogen and oxygen atoms in total. The van der Waals surface area contributed by atoms with Gasteiger partial charge in [0.15, 0.2) is 12.4 Å². The number of nitrogens with zero attached hydrogens (tertiary/aromatic N) is 1. The Balaban J connectivity index is 1.48. The van der Waals surface area contributed by atoms with Gasteiger partial charge in [-0.05, 0) is 56.2 Å². The summed E-state index contributed by atoms with van der Waals surface area (Å²) in [6, 6.07) is 12.9. The molecule has 1 saturated heterocycles. The van der Waals surface area contributed by atoms with Gasteiger partial charge in [0.1, 0.15) is 0 Å². The summed E-state index contributed by atoms with van der Waals surface area (Å²) in [7, 11) is 0. The molecule has 0 unspecified atom stereocenters. The van der Waals surface area contributed by atoms with Crippen LogP contribution in [-0.4, -0.2) is 36.6 Å². The van der Waals surface area contributed by atoms with Crippen LogP contribution in [-0.2, 0) is 14.3 Å². The van der Waals surface area contributed by atoms with Gasteiger partial charge in [-0.2, -0.15) is 0 Å². The van der Waals surface area contributed by atoms with Crippen LogP contribution in [0.2, 0.25) is 0 Å². The van der Waals surface area contributed by atoms with E-state index in [1.54, 1.807) is 29.2 Å². The van der Waals surface area contributed by atoms with Gasteiger partial charge in [0.2, 0.25) is 5.91 Å². The van der Waals surface area contributed by atoms with Crippen molar-refractivity contribution in [1.29, 1.82) is 0 Å². The molecule has 146 valence electrons. The van der Waals surface area contributed by atoms with E-state index in [9.17, 15) is 14.4 Å². The summed E-state index contributed by atoms with van der Waals surface area (Å²) in [5, 5.41) is 0. The lowest BCUT2D eigenvalue weighted by Gasteiger charge is -2.15. The average molecular weight is 397 g/mol. The molecule has 1 aliphatic rings. The number of amides is 1. The molecule has 0 spiro atoms. The number of Topliss-reactive ketones (excluding diaryl/α,β-unsaturated/α-hetero) is 1. The zero-order chi connectivity index (χ0) is 20.1. The SMILES string of the molecule is Cc1ccc(C)c(SCC(=O)OCC(=O)c2ccc(N3CCCC3=O)cc2)c1. The summed E-state index contributed by atoms with van der Waals surface area (Å²) in [5.74, 6) is -0.412. The molecule has 0 bridgehead atoms. The van der Waals surface area contributed by atoms with E-state index in [1.165, 1.54) is 11.8 Å². The third kappa shape index (κ3) is 5.01. The maximum Gasteiger partial charge on any atom is 0.316 e. The topological polar surface area (TPSA) is 63.7 Å². The smallest absolute Gasteiger partial charge is 0.316 e. The molecule has 0 radical (unpaired) electrons. The molecule has 2 aromatic rings. The summed E-state index contributed by atoms with van der Waals surface area (Å²) < 4.78 is 5.12. The van der Waals surface area contributed by atoms with Gasteiger partial charge in [-0.15, -0.1) is 11.8 Å². The lowest BCUT2D eigenvalue weighted by molar-refractivity contribution is -0.139. The number of benzene rings is 2. The van der Waals surface area contributed by atoms with Crippen molar-refractivity contribution in [3.8, 4) is 0 Å². The Hall–Kier alpha value is -2.60. The molecule has 1 fully saturated rings. The normalized spacial score (nSPS) is 13.6.